The quantitative estimate of drug-likeness (QED) is 0.774. The van der Waals surface area contributed by atoms with Crippen molar-refractivity contribution in [3.8, 4) is 0 Å². The van der Waals surface area contributed by atoms with Gasteiger partial charge >= 0.3 is 0 Å². The number of carbonyl (C=O) groups is 2. The molecule has 0 aromatic heterocycles. The minimum Gasteiger partial charge on any atom is -0.376 e. The van der Waals surface area contributed by atoms with Crippen LogP contribution in [0.1, 0.15) is 60.1 Å². The van der Waals surface area contributed by atoms with Gasteiger partial charge in [0.1, 0.15) is 11.6 Å². The Bertz CT molecular complexity index is 551. The Balaban J connectivity index is 3.69. The second-order valence-corrected chi connectivity index (χ2v) is 5.03. The summed E-state index contributed by atoms with van der Waals surface area (Å²) in [5.41, 5.74) is -0.955. The van der Waals surface area contributed by atoms with Crippen molar-refractivity contribution >= 4 is 11.6 Å². The van der Waals surface area contributed by atoms with Crippen LogP contribution in [0.4, 0.5) is 8.78 Å². The summed E-state index contributed by atoms with van der Waals surface area (Å²) in [5.74, 6) is -3.49. The molecular weight excluding hydrogens is 266 g/mol. The lowest BCUT2D eigenvalue weighted by atomic mass is 9.92. The molecule has 0 amide bonds. The van der Waals surface area contributed by atoms with Crippen LogP contribution in [-0.2, 0) is 4.74 Å². The van der Waals surface area contributed by atoms with E-state index in [1.54, 1.807) is 13.8 Å². The lowest BCUT2D eigenvalue weighted by Crippen LogP contribution is -2.17. The Morgan fingerprint density at radius 2 is 1.65 bits per heavy atom. The molecule has 1 atom stereocenters. The number of halogens is 2. The molecule has 0 saturated heterocycles. The molecule has 0 saturated carbocycles. The number of hydrogen-bond acceptors (Lipinski definition) is 3. The fourth-order valence-corrected chi connectivity index (χ4v) is 2.19. The lowest BCUT2D eigenvalue weighted by molar-refractivity contribution is 0.0612. The molecular formula is C15H18F2O3. The molecule has 110 valence electrons. The minimum absolute atomic E-state index is 0.0271. The predicted molar refractivity (Wildman–Crippen MR) is 71.0 cm³/mol. The van der Waals surface area contributed by atoms with Gasteiger partial charge in [-0.2, -0.15) is 0 Å². The van der Waals surface area contributed by atoms with Gasteiger partial charge in [0, 0.05) is 12.7 Å². The van der Waals surface area contributed by atoms with Crippen molar-refractivity contribution in [2.45, 2.75) is 33.8 Å². The number of carbonyl (C=O) groups excluding carboxylic acids is 2. The van der Waals surface area contributed by atoms with E-state index >= 15 is 0 Å². The number of ether oxygens (including phenoxy) is 1. The number of Topliss-reactive ketones (excluding diaryl/α,β-unsaturated/α-hetero) is 2. The van der Waals surface area contributed by atoms with Gasteiger partial charge in [0.2, 0.25) is 0 Å². The molecule has 0 aliphatic heterocycles. The largest absolute Gasteiger partial charge is 0.376 e. The van der Waals surface area contributed by atoms with Gasteiger partial charge in [-0.3, -0.25) is 9.59 Å². The molecule has 1 unspecified atom stereocenters. The highest BCUT2D eigenvalue weighted by molar-refractivity contribution is 6.00. The summed E-state index contributed by atoms with van der Waals surface area (Å²) >= 11 is 0. The third-order valence-electron chi connectivity index (χ3n) is 3.13. The Morgan fingerprint density at radius 3 is 2.00 bits per heavy atom. The third-order valence-corrected chi connectivity index (χ3v) is 3.13. The average molecular weight is 284 g/mol. The Morgan fingerprint density at radius 1 is 1.10 bits per heavy atom. The summed E-state index contributed by atoms with van der Waals surface area (Å²) in [5, 5.41) is 0. The first-order chi connectivity index (χ1) is 9.22. The lowest BCUT2D eigenvalue weighted by Gasteiger charge is -2.22. The number of rotatable bonds is 5. The monoisotopic (exact) mass is 284 g/mol. The zero-order chi connectivity index (χ0) is 15.6. The minimum atomic E-state index is -1.11. The van der Waals surface area contributed by atoms with Gasteiger partial charge in [-0.15, -0.1) is 0 Å². The van der Waals surface area contributed by atoms with Crippen LogP contribution in [0.5, 0.6) is 0 Å². The molecule has 20 heavy (non-hydrogen) atoms. The van der Waals surface area contributed by atoms with Crippen LogP contribution >= 0.6 is 0 Å². The molecule has 0 spiro atoms. The van der Waals surface area contributed by atoms with E-state index in [0.29, 0.717) is 0 Å². The maximum absolute atomic E-state index is 14.4. The van der Waals surface area contributed by atoms with Crippen LogP contribution < -0.4 is 0 Å². The summed E-state index contributed by atoms with van der Waals surface area (Å²) in [4.78, 5) is 22.9. The van der Waals surface area contributed by atoms with E-state index in [1.807, 2.05) is 0 Å². The molecule has 1 aromatic carbocycles. The van der Waals surface area contributed by atoms with E-state index in [0.717, 1.165) is 13.0 Å². The SMILES string of the molecule is COC(c1cc(C(C)=O)c(F)c(C(C)=O)c1F)C(C)C. The standard InChI is InChI=1S/C15H18F2O3/c1-7(2)15(20-5)11-6-10(8(3)18)13(16)12(9(4)19)14(11)17/h6-7,15H,1-5H3. The molecule has 0 bridgehead atoms. The van der Waals surface area contributed by atoms with Crippen LogP contribution in [0.2, 0.25) is 0 Å². The van der Waals surface area contributed by atoms with E-state index in [4.69, 9.17) is 4.74 Å². The molecule has 1 rings (SSSR count). The summed E-state index contributed by atoms with van der Waals surface area (Å²) in [6.45, 7) is 5.84. The van der Waals surface area contributed by atoms with Crippen LogP contribution in [0, 0.1) is 17.6 Å². The van der Waals surface area contributed by atoms with Gasteiger partial charge < -0.3 is 4.74 Å². The molecule has 0 fully saturated rings. The summed E-state index contributed by atoms with van der Waals surface area (Å²) < 4.78 is 33.6. The van der Waals surface area contributed by atoms with E-state index in [-0.39, 0.29) is 17.0 Å². The van der Waals surface area contributed by atoms with Crippen molar-refractivity contribution in [2.75, 3.05) is 7.11 Å². The summed E-state index contributed by atoms with van der Waals surface area (Å²) in [6.07, 6.45) is -0.660. The maximum atomic E-state index is 14.4. The predicted octanol–water partition coefficient (Wildman–Crippen LogP) is 3.71. The molecule has 0 aliphatic rings. The first kappa shape index (κ1) is 16.4. The maximum Gasteiger partial charge on any atom is 0.165 e. The number of methoxy groups -OCH3 is 1. The highest BCUT2D eigenvalue weighted by Crippen LogP contribution is 2.32. The molecule has 0 aliphatic carbocycles. The van der Waals surface area contributed by atoms with Gasteiger partial charge in [-0.1, -0.05) is 13.8 Å². The Labute approximate surface area is 116 Å². The Kier molecular flexibility index (Phi) is 5.11. The zero-order valence-electron chi connectivity index (χ0n) is 12.2. The van der Waals surface area contributed by atoms with Gasteiger partial charge in [0.25, 0.3) is 0 Å². The zero-order valence-corrected chi connectivity index (χ0v) is 12.2. The number of benzene rings is 1. The van der Waals surface area contributed by atoms with Gasteiger partial charge in [-0.05, 0) is 25.8 Å². The molecule has 0 heterocycles. The highest BCUT2D eigenvalue weighted by atomic mass is 19.1. The molecule has 5 heteroatoms. The second-order valence-electron chi connectivity index (χ2n) is 5.03. The normalized spacial score (nSPS) is 12.6. The molecule has 1 aromatic rings. The van der Waals surface area contributed by atoms with Crippen LogP contribution in [0.15, 0.2) is 6.07 Å². The Hall–Kier alpha value is -1.62. The van der Waals surface area contributed by atoms with Crippen LogP contribution in [0.3, 0.4) is 0 Å². The van der Waals surface area contributed by atoms with Gasteiger partial charge in [0.15, 0.2) is 11.6 Å². The topological polar surface area (TPSA) is 43.4 Å². The number of hydrogen-bond donors (Lipinski definition) is 0. The fourth-order valence-electron chi connectivity index (χ4n) is 2.19. The van der Waals surface area contributed by atoms with Crippen molar-refractivity contribution < 1.29 is 23.1 Å². The van der Waals surface area contributed by atoms with Crippen LogP contribution in [0.25, 0.3) is 0 Å². The number of ketones is 2. The van der Waals surface area contributed by atoms with E-state index in [2.05, 4.69) is 0 Å². The van der Waals surface area contributed by atoms with E-state index in [9.17, 15) is 18.4 Å². The fraction of sp³-hybridized carbons (Fsp3) is 0.467. The summed E-state index contributed by atoms with van der Waals surface area (Å²) in [7, 11) is 1.40. The summed E-state index contributed by atoms with van der Waals surface area (Å²) in [6, 6.07) is 1.13. The first-order valence-corrected chi connectivity index (χ1v) is 6.28. The molecule has 0 radical (unpaired) electrons. The van der Waals surface area contributed by atoms with Crippen LogP contribution in [-0.4, -0.2) is 18.7 Å². The van der Waals surface area contributed by atoms with E-state index in [1.165, 1.54) is 14.0 Å². The first-order valence-electron chi connectivity index (χ1n) is 6.28. The van der Waals surface area contributed by atoms with Crippen molar-refractivity contribution in [1.29, 1.82) is 0 Å². The van der Waals surface area contributed by atoms with Crippen molar-refractivity contribution in [3.63, 3.8) is 0 Å². The molecule has 0 N–H and O–H groups in total. The smallest absolute Gasteiger partial charge is 0.165 e. The van der Waals surface area contributed by atoms with Crippen molar-refractivity contribution in [3.05, 3.63) is 34.4 Å². The third kappa shape index (κ3) is 2.93. The molecule has 3 nitrogen and oxygen atoms in total. The van der Waals surface area contributed by atoms with Crippen molar-refractivity contribution in [2.24, 2.45) is 5.92 Å². The van der Waals surface area contributed by atoms with Crippen molar-refractivity contribution in [1.82, 2.24) is 0 Å². The second kappa shape index (κ2) is 6.22. The van der Waals surface area contributed by atoms with Gasteiger partial charge in [-0.25, -0.2) is 8.78 Å². The van der Waals surface area contributed by atoms with Gasteiger partial charge in [0.05, 0.1) is 17.2 Å². The average Bonchev–Trinajstić information content (AvgIpc) is 2.31. The highest BCUT2D eigenvalue weighted by Gasteiger charge is 2.28. The van der Waals surface area contributed by atoms with E-state index < -0.39 is 34.9 Å².